The van der Waals surface area contributed by atoms with Gasteiger partial charge in [0.2, 0.25) is 5.52 Å². The van der Waals surface area contributed by atoms with Crippen LogP contribution in [0.5, 0.6) is 0 Å². The van der Waals surface area contributed by atoms with Crippen LogP contribution in [0.25, 0.3) is 71.5 Å². The summed E-state index contributed by atoms with van der Waals surface area (Å²) >= 11 is 0. The Morgan fingerprint density at radius 3 is 1.47 bits per heavy atom. The normalized spacial score (nSPS) is 10.5. The molecule has 2 heterocycles. The van der Waals surface area contributed by atoms with E-state index in [1.165, 1.54) is 6.08 Å². The van der Waals surface area contributed by atoms with Gasteiger partial charge in [-0.1, -0.05) is 209 Å². The number of nitrogens with zero attached hydrogens (tertiary/aromatic N) is 4. The first kappa shape index (κ1) is 55.5. The molecule has 75 heavy (non-hydrogen) atoms. The number of aromatic nitrogens is 2. The summed E-state index contributed by atoms with van der Waals surface area (Å²) in [5.74, 6) is -0.641. The minimum Gasteiger partial charge on any atom is -1.00 e. The molecule has 0 aliphatic carbocycles. The number of esters is 2. The van der Waals surface area contributed by atoms with E-state index in [9.17, 15) is 22.5 Å². The lowest BCUT2D eigenvalue weighted by Gasteiger charge is -2.12. The van der Waals surface area contributed by atoms with Crippen LogP contribution in [0.2, 0.25) is 0 Å². The summed E-state index contributed by atoms with van der Waals surface area (Å²) in [6, 6.07) is 69.4. The molecule has 0 atom stereocenters. The van der Waals surface area contributed by atoms with Crippen LogP contribution >= 0.6 is 0 Å². The molecular formula is C62H55BF4N4O4. The SMILES string of the molecule is C=CC(=O)OCCCC.CCCCOC(=O)c1c2cccc(-c3ccccc3)c2n[n+]2c3ccccc3c3ccccc3c12.FB(F)F.[F-].c1ccc(-c2ccccc2N=Nc2ccccc2-c2ccccc2)cc1. The Labute approximate surface area is 434 Å². The topological polar surface area (TPSA) is 94.3 Å². The highest BCUT2D eigenvalue weighted by Gasteiger charge is 2.29. The molecule has 0 aliphatic rings. The molecule has 10 rings (SSSR count). The fraction of sp³-hybridized carbons (Fsp3) is 0.129. The van der Waals surface area contributed by atoms with E-state index in [-0.39, 0.29) is 16.6 Å². The third-order valence-electron chi connectivity index (χ3n) is 11.7. The van der Waals surface area contributed by atoms with Crippen molar-refractivity contribution >= 4 is 69.0 Å². The van der Waals surface area contributed by atoms with Gasteiger partial charge >= 0.3 is 19.5 Å². The van der Waals surface area contributed by atoms with Crippen molar-refractivity contribution in [3.8, 4) is 33.4 Å². The Morgan fingerprint density at radius 2 is 0.947 bits per heavy atom. The largest absolute Gasteiger partial charge is 1.00 e. The number of azo groups is 1. The van der Waals surface area contributed by atoms with E-state index in [4.69, 9.17) is 9.84 Å². The predicted octanol–water partition coefficient (Wildman–Crippen LogP) is 13.7. The van der Waals surface area contributed by atoms with E-state index in [1.807, 2.05) is 139 Å². The van der Waals surface area contributed by atoms with E-state index in [0.717, 1.165) is 109 Å². The van der Waals surface area contributed by atoms with Gasteiger partial charge in [-0.15, -0.1) is 10.2 Å². The number of fused-ring (bicyclic) bond motifs is 7. The highest BCUT2D eigenvalue weighted by Crippen LogP contribution is 2.36. The van der Waals surface area contributed by atoms with Crippen molar-refractivity contribution in [3.63, 3.8) is 0 Å². The zero-order valence-electron chi connectivity index (χ0n) is 41.7. The van der Waals surface area contributed by atoms with Crippen molar-refractivity contribution in [1.82, 2.24) is 5.10 Å². The second-order valence-electron chi connectivity index (χ2n) is 16.7. The van der Waals surface area contributed by atoms with Crippen molar-refractivity contribution < 1.29 is 41.2 Å². The number of carbonyl (C=O) groups excluding carboxylic acids is 2. The maximum atomic E-state index is 13.7. The number of rotatable bonds is 13. The first-order chi connectivity index (χ1) is 36.2. The fourth-order valence-electron chi connectivity index (χ4n) is 8.24. The van der Waals surface area contributed by atoms with Gasteiger partial charge in [-0.2, -0.15) is 0 Å². The van der Waals surface area contributed by atoms with Crippen LogP contribution in [0, 0.1) is 0 Å². The van der Waals surface area contributed by atoms with Crippen molar-refractivity contribution in [1.29, 1.82) is 0 Å². The molecular weight excluding hydrogens is 952 g/mol. The van der Waals surface area contributed by atoms with Gasteiger partial charge in [0, 0.05) is 44.7 Å². The molecule has 0 N–H and O–H groups in total. The van der Waals surface area contributed by atoms with Crippen LogP contribution in [0.15, 0.2) is 229 Å². The third-order valence-corrected chi connectivity index (χ3v) is 11.7. The summed E-state index contributed by atoms with van der Waals surface area (Å²) in [4.78, 5) is 24.1. The monoisotopic (exact) mass is 1010 g/mol. The summed E-state index contributed by atoms with van der Waals surface area (Å²) in [5, 5.41) is 18.3. The number of pyridine rings is 1. The lowest BCUT2D eigenvalue weighted by molar-refractivity contribution is -0.548. The maximum Gasteiger partial charge on any atom is 0.762 e. The minimum atomic E-state index is -3.67. The smallest absolute Gasteiger partial charge is 0.762 e. The summed E-state index contributed by atoms with van der Waals surface area (Å²) in [5.41, 5.74) is 11.3. The van der Waals surface area contributed by atoms with E-state index in [1.54, 1.807) is 0 Å². The van der Waals surface area contributed by atoms with Crippen LogP contribution < -0.4 is 9.22 Å². The quantitative estimate of drug-likeness (QED) is 0.0132. The molecule has 0 radical (unpaired) electrons. The number of halogens is 4. The standard InChI is InChI=1S/C31H25N2O2.C24H18N2.C7H12O2.BF3.FH/c1-2-3-20-35-31(34)28-26-18-11-17-22(21-12-5-4-6-13-21)29(26)32-33-27-19-10-9-15-24(27)23-14-7-8-16-25(23)30(28)33;1-3-11-19(12-4-1)21-15-7-9-17-23(21)25-26-24-18-10-8-16-22(24)20-13-5-2-6-14-20;1-3-5-6-9-7(8)4-2;2-1(3)4;/h4-19H,2-3,20H2,1H3;1-18H;4H,2-3,5-6H2,1H3;;1H/q+1;;;;/p-1. The summed E-state index contributed by atoms with van der Waals surface area (Å²) in [6.07, 6.45) is 4.95. The third kappa shape index (κ3) is 14.4. The van der Waals surface area contributed by atoms with Gasteiger partial charge in [0.05, 0.1) is 35.4 Å². The number of benzene rings is 8. The van der Waals surface area contributed by atoms with Crippen molar-refractivity contribution in [2.45, 2.75) is 39.5 Å². The Kier molecular flexibility index (Phi) is 21.0. The molecule has 378 valence electrons. The highest BCUT2D eigenvalue weighted by atomic mass is 19.4. The second kappa shape index (κ2) is 28.4. The van der Waals surface area contributed by atoms with Crippen LogP contribution in [0.3, 0.4) is 0 Å². The Bertz CT molecular complexity index is 3410. The van der Waals surface area contributed by atoms with E-state index in [2.05, 4.69) is 107 Å². The van der Waals surface area contributed by atoms with Gasteiger partial charge in [0.25, 0.3) is 5.52 Å². The van der Waals surface area contributed by atoms with Crippen molar-refractivity contribution in [2.24, 2.45) is 10.2 Å². The highest BCUT2D eigenvalue weighted by molar-refractivity contribution is 6.33. The number of carbonyl (C=O) groups is 2. The molecule has 0 aliphatic heterocycles. The lowest BCUT2D eigenvalue weighted by Crippen LogP contribution is -3.00. The molecule has 0 spiro atoms. The first-order valence-corrected chi connectivity index (χ1v) is 24.5. The van der Waals surface area contributed by atoms with Gasteiger partial charge in [-0.05, 0) is 58.3 Å². The van der Waals surface area contributed by atoms with E-state index >= 15 is 0 Å². The average molecular weight is 1010 g/mol. The number of hydrogen-bond acceptors (Lipinski definition) is 7. The van der Waals surface area contributed by atoms with Gasteiger partial charge in [-0.3, -0.25) is 12.9 Å². The van der Waals surface area contributed by atoms with Crippen molar-refractivity contribution in [2.75, 3.05) is 13.2 Å². The van der Waals surface area contributed by atoms with Crippen LogP contribution in [-0.2, 0) is 14.3 Å². The number of hydrogen-bond donors (Lipinski definition) is 0. The summed E-state index contributed by atoms with van der Waals surface area (Å²) in [6.45, 7) is 8.31. The Morgan fingerprint density at radius 1 is 0.533 bits per heavy atom. The zero-order valence-corrected chi connectivity index (χ0v) is 41.7. The number of ether oxygens (including phenoxy) is 2. The second-order valence-corrected chi connectivity index (χ2v) is 16.7. The molecule has 8 nitrogen and oxygen atoms in total. The predicted molar refractivity (Wildman–Crippen MR) is 294 cm³/mol. The molecule has 0 saturated heterocycles. The number of para-hydroxylation sites is 1. The zero-order chi connectivity index (χ0) is 52.1. The Hall–Kier alpha value is -8.84. The van der Waals surface area contributed by atoms with Crippen LogP contribution in [0.4, 0.5) is 24.3 Å². The minimum absolute atomic E-state index is 0. The molecule has 8 aromatic carbocycles. The van der Waals surface area contributed by atoms with Gasteiger partial charge < -0.3 is 14.2 Å². The van der Waals surface area contributed by atoms with E-state index in [0.29, 0.717) is 18.8 Å². The number of unbranched alkanes of at least 4 members (excludes halogenated alkanes) is 2. The molecule has 13 heteroatoms. The van der Waals surface area contributed by atoms with Gasteiger partial charge in [-0.25, -0.2) is 9.59 Å². The Balaban J connectivity index is 0.000000201. The van der Waals surface area contributed by atoms with Gasteiger partial charge in [0.15, 0.2) is 0 Å². The van der Waals surface area contributed by atoms with Crippen LogP contribution in [0.1, 0.15) is 49.9 Å². The van der Waals surface area contributed by atoms with Gasteiger partial charge in [0.1, 0.15) is 11.1 Å². The average Bonchev–Trinajstić information content (AvgIpc) is 3.46. The van der Waals surface area contributed by atoms with Crippen molar-refractivity contribution in [3.05, 3.63) is 224 Å². The molecule has 0 bridgehead atoms. The molecule has 0 saturated carbocycles. The van der Waals surface area contributed by atoms with E-state index < -0.39 is 7.54 Å². The molecule has 0 unspecified atom stereocenters. The maximum absolute atomic E-state index is 13.7. The first-order valence-electron chi connectivity index (χ1n) is 24.5. The molecule has 0 fully saturated rings. The summed E-state index contributed by atoms with van der Waals surface area (Å²) in [7, 11) is -3.67. The summed E-state index contributed by atoms with van der Waals surface area (Å²) < 4.78 is 41.4. The molecule has 0 amide bonds. The molecule has 2 aromatic heterocycles. The fourth-order valence-corrected chi connectivity index (χ4v) is 8.24. The lowest BCUT2D eigenvalue weighted by atomic mass is 9.97. The molecule has 10 aromatic rings. The van der Waals surface area contributed by atoms with Crippen LogP contribution in [-0.4, -0.2) is 37.8 Å².